The van der Waals surface area contributed by atoms with E-state index in [1.165, 1.54) is 16.7 Å². The minimum absolute atomic E-state index is 0.586. The molecular weight excluding hydrogens is 184 g/mol. The lowest BCUT2D eigenvalue weighted by Gasteiger charge is -2.13. The van der Waals surface area contributed by atoms with E-state index in [1.807, 2.05) is 13.8 Å². The van der Waals surface area contributed by atoms with Gasteiger partial charge in [-0.3, -0.25) is 0 Å². The number of rotatable bonds is 2. The molecule has 15 heavy (non-hydrogen) atoms. The molecule has 1 aromatic carbocycles. The van der Waals surface area contributed by atoms with Crippen molar-refractivity contribution in [2.24, 2.45) is 0 Å². The van der Waals surface area contributed by atoms with Gasteiger partial charge in [0.25, 0.3) is 0 Å². The van der Waals surface area contributed by atoms with Gasteiger partial charge >= 0.3 is 0 Å². The summed E-state index contributed by atoms with van der Waals surface area (Å²) in [4.78, 5) is 0. The summed E-state index contributed by atoms with van der Waals surface area (Å²) in [6, 6.07) is 4.41. The standard InChI is InChI=1S/C12H18O.C2H6/c1-8(2)11-6-9(3)12(13-5)10(4)7-11;1-2/h6-8H,1-5H3;1-2H3. The molecule has 0 aliphatic carbocycles. The normalized spacial score (nSPS) is 9.60. The zero-order valence-electron chi connectivity index (χ0n) is 11.1. The van der Waals surface area contributed by atoms with Crippen LogP contribution in [0.15, 0.2) is 12.1 Å². The first-order chi connectivity index (χ1) is 7.06. The molecule has 0 saturated carbocycles. The zero-order valence-corrected chi connectivity index (χ0v) is 11.1. The van der Waals surface area contributed by atoms with Crippen LogP contribution in [0.2, 0.25) is 0 Å². The van der Waals surface area contributed by atoms with E-state index < -0.39 is 0 Å². The topological polar surface area (TPSA) is 9.23 Å². The molecule has 0 N–H and O–H groups in total. The van der Waals surface area contributed by atoms with Crippen molar-refractivity contribution in [1.29, 1.82) is 0 Å². The Hall–Kier alpha value is -0.980. The van der Waals surface area contributed by atoms with Gasteiger partial charge < -0.3 is 4.74 Å². The monoisotopic (exact) mass is 208 g/mol. The third-order valence-electron chi connectivity index (χ3n) is 2.35. The lowest BCUT2D eigenvalue weighted by Crippen LogP contribution is -1.95. The number of hydrogen-bond donors (Lipinski definition) is 0. The van der Waals surface area contributed by atoms with Crippen LogP contribution >= 0.6 is 0 Å². The van der Waals surface area contributed by atoms with Gasteiger partial charge in [-0.25, -0.2) is 0 Å². The molecule has 0 saturated heterocycles. The van der Waals surface area contributed by atoms with Crippen LogP contribution in [0.3, 0.4) is 0 Å². The molecule has 0 aromatic heterocycles. The molecule has 0 unspecified atom stereocenters. The van der Waals surface area contributed by atoms with Crippen LogP contribution in [0.25, 0.3) is 0 Å². The van der Waals surface area contributed by atoms with Gasteiger partial charge in [0.05, 0.1) is 7.11 Å². The minimum Gasteiger partial charge on any atom is -0.496 e. The summed E-state index contributed by atoms with van der Waals surface area (Å²) in [6.45, 7) is 12.6. The molecule has 1 aromatic rings. The maximum absolute atomic E-state index is 5.31. The van der Waals surface area contributed by atoms with Crippen molar-refractivity contribution in [2.75, 3.05) is 7.11 Å². The van der Waals surface area contributed by atoms with Crippen molar-refractivity contribution in [3.63, 3.8) is 0 Å². The molecule has 0 radical (unpaired) electrons. The number of aryl methyl sites for hydroxylation is 2. The molecule has 0 spiro atoms. The second-order valence-electron chi connectivity index (χ2n) is 3.84. The molecular formula is C14H24O. The third-order valence-corrected chi connectivity index (χ3v) is 2.35. The Labute approximate surface area is 94.5 Å². The SMILES string of the molecule is CC.COc1c(C)cc(C(C)C)cc1C. The zero-order chi connectivity index (χ0) is 12.0. The van der Waals surface area contributed by atoms with E-state index in [0.717, 1.165) is 5.75 Å². The van der Waals surface area contributed by atoms with Crippen molar-refractivity contribution in [1.82, 2.24) is 0 Å². The maximum Gasteiger partial charge on any atom is 0.124 e. The summed E-state index contributed by atoms with van der Waals surface area (Å²) in [5.74, 6) is 1.60. The van der Waals surface area contributed by atoms with Crippen LogP contribution in [-0.2, 0) is 0 Å². The predicted molar refractivity (Wildman–Crippen MR) is 67.9 cm³/mol. The van der Waals surface area contributed by atoms with Crippen molar-refractivity contribution in [3.05, 3.63) is 28.8 Å². The van der Waals surface area contributed by atoms with Crippen LogP contribution in [0.1, 0.15) is 50.3 Å². The highest BCUT2D eigenvalue weighted by atomic mass is 16.5. The van der Waals surface area contributed by atoms with Crippen molar-refractivity contribution in [2.45, 2.75) is 47.5 Å². The van der Waals surface area contributed by atoms with Crippen molar-refractivity contribution >= 4 is 0 Å². The van der Waals surface area contributed by atoms with Gasteiger partial charge in [0, 0.05) is 0 Å². The van der Waals surface area contributed by atoms with Crippen LogP contribution in [0, 0.1) is 13.8 Å². The van der Waals surface area contributed by atoms with E-state index in [-0.39, 0.29) is 0 Å². The second kappa shape index (κ2) is 6.49. The molecule has 1 rings (SSSR count). The van der Waals surface area contributed by atoms with E-state index in [0.29, 0.717) is 5.92 Å². The highest BCUT2D eigenvalue weighted by Gasteiger charge is 2.06. The Morgan fingerprint density at radius 3 is 1.67 bits per heavy atom. The summed E-state index contributed by atoms with van der Waals surface area (Å²) < 4.78 is 5.31. The molecule has 0 aliphatic rings. The third kappa shape index (κ3) is 3.58. The summed E-state index contributed by atoms with van der Waals surface area (Å²) in [5.41, 5.74) is 3.84. The molecule has 1 heteroatoms. The van der Waals surface area contributed by atoms with Gasteiger partial charge in [-0.15, -0.1) is 0 Å². The Kier molecular flexibility index (Phi) is 6.07. The smallest absolute Gasteiger partial charge is 0.124 e. The summed E-state index contributed by atoms with van der Waals surface area (Å²) in [6.07, 6.45) is 0. The molecule has 0 aliphatic heterocycles. The van der Waals surface area contributed by atoms with E-state index >= 15 is 0 Å². The van der Waals surface area contributed by atoms with Crippen molar-refractivity contribution < 1.29 is 4.74 Å². The highest BCUT2D eigenvalue weighted by Crippen LogP contribution is 2.27. The molecule has 0 atom stereocenters. The fourth-order valence-electron chi connectivity index (χ4n) is 1.64. The van der Waals surface area contributed by atoms with Gasteiger partial charge in [-0.05, 0) is 36.5 Å². The molecule has 0 heterocycles. The van der Waals surface area contributed by atoms with Gasteiger partial charge in [0.2, 0.25) is 0 Å². The summed E-state index contributed by atoms with van der Waals surface area (Å²) >= 11 is 0. The molecule has 86 valence electrons. The first-order valence-corrected chi connectivity index (χ1v) is 5.71. The highest BCUT2D eigenvalue weighted by molar-refractivity contribution is 5.44. The second-order valence-corrected chi connectivity index (χ2v) is 3.84. The summed E-state index contributed by atoms with van der Waals surface area (Å²) in [5, 5.41) is 0. The van der Waals surface area contributed by atoms with Crippen LogP contribution in [0.5, 0.6) is 5.75 Å². The maximum atomic E-state index is 5.31. The van der Waals surface area contributed by atoms with E-state index in [9.17, 15) is 0 Å². The fraction of sp³-hybridized carbons (Fsp3) is 0.571. The first-order valence-electron chi connectivity index (χ1n) is 5.71. The molecule has 0 bridgehead atoms. The minimum atomic E-state index is 0.586. The first kappa shape index (κ1) is 14.0. The fourth-order valence-corrected chi connectivity index (χ4v) is 1.64. The van der Waals surface area contributed by atoms with E-state index in [2.05, 4.69) is 39.8 Å². The number of hydrogen-bond acceptors (Lipinski definition) is 1. The molecule has 1 nitrogen and oxygen atoms in total. The molecule has 0 amide bonds. The summed E-state index contributed by atoms with van der Waals surface area (Å²) in [7, 11) is 1.73. The Bertz CT molecular complexity index is 277. The lowest BCUT2D eigenvalue weighted by atomic mass is 9.98. The van der Waals surface area contributed by atoms with Crippen LogP contribution < -0.4 is 4.74 Å². The largest absolute Gasteiger partial charge is 0.496 e. The van der Waals surface area contributed by atoms with Crippen molar-refractivity contribution in [3.8, 4) is 5.75 Å². The van der Waals surface area contributed by atoms with E-state index in [4.69, 9.17) is 4.74 Å². The average molecular weight is 208 g/mol. The number of benzene rings is 1. The van der Waals surface area contributed by atoms with Gasteiger partial charge in [-0.1, -0.05) is 39.8 Å². The number of ether oxygens (including phenoxy) is 1. The number of methoxy groups -OCH3 is 1. The van der Waals surface area contributed by atoms with Crippen LogP contribution in [-0.4, -0.2) is 7.11 Å². The quantitative estimate of drug-likeness (QED) is 0.697. The van der Waals surface area contributed by atoms with Gasteiger partial charge in [-0.2, -0.15) is 0 Å². The Balaban J connectivity index is 0.000000921. The average Bonchev–Trinajstić information content (AvgIpc) is 2.20. The Morgan fingerprint density at radius 2 is 1.40 bits per heavy atom. The van der Waals surface area contributed by atoms with E-state index in [1.54, 1.807) is 7.11 Å². The Morgan fingerprint density at radius 1 is 1.00 bits per heavy atom. The lowest BCUT2D eigenvalue weighted by molar-refractivity contribution is 0.408. The van der Waals surface area contributed by atoms with Gasteiger partial charge in [0.1, 0.15) is 5.75 Å². The molecule has 0 fully saturated rings. The van der Waals surface area contributed by atoms with Crippen LogP contribution in [0.4, 0.5) is 0 Å². The predicted octanol–water partition coefficient (Wildman–Crippen LogP) is 4.46. The van der Waals surface area contributed by atoms with Gasteiger partial charge in [0.15, 0.2) is 0 Å².